The lowest BCUT2D eigenvalue weighted by molar-refractivity contribution is 0.0775. The Hall–Kier alpha value is -3.31. The van der Waals surface area contributed by atoms with Gasteiger partial charge >= 0.3 is 0 Å². The third-order valence-corrected chi connectivity index (χ3v) is 7.10. The minimum atomic E-state index is -0.350. The number of benzene rings is 1. The first-order chi connectivity index (χ1) is 16.3. The van der Waals surface area contributed by atoms with Crippen LogP contribution in [0.4, 0.5) is 10.1 Å². The van der Waals surface area contributed by atoms with E-state index in [-0.39, 0.29) is 29.6 Å². The molecule has 2 aromatic heterocycles. The van der Waals surface area contributed by atoms with Crippen LogP contribution in [-0.4, -0.2) is 52.0 Å². The zero-order valence-electron chi connectivity index (χ0n) is 18.9. The summed E-state index contributed by atoms with van der Waals surface area (Å²) >= 11 is 1.38. The number of amides is 2. The van der Waals surface area contributed by atoms with Crippen molar-refractivity contribution in [2.24, 2.45) is 13.0 Å². The van der Waals surface area contributed by atoms with Gasteiger partial charge in [0, 0.05) is 44.0 Å². The lowest BCUT2D eigenvalue weighted by Crippen LogP contribution is -2.36. The van der Waals surface area contributed by atoms with Crippen molar-refractivity contribution in [1.82, 2.24) is 19.2 Å². The van der Waals surface area contributed by atoms with Crippen molar-refractivity contribution >= 4 is 29.4 Å². The summed E-state index contributed by atoms with van der Waals surface area (Å²) in [6.07, 6.45) is 3.10. The fourth-order valence-corrected chi connectivity index (χ4v) is 5.30. The lowest BCUT2D eigenvalue weighted by atomic mass is 10.1. The van der Waals surface area contributed by atoms with Crippen molar-refractivity contribution in [2.75, 3.05) is 25.0 Å². The summed E-state index contributed by atoms with van der Waals surface area (Å²) in [5.74, 6) is 0.160. The van der Waals surface area contributed by atoms with Gasteiger partial charge in [-0.3, -0.25) is 14.3 Å². The molecule has 0 radical (unpaired) electrons. The quantitative estimate of drug-likeness (QED) is 0.550. The maximum Gasteiger partial charge on any atom is 0.276 e. The van der Waals surface area contributed by atoms with Crippen LogP contribution in [0.2, 0.25) is 0 Å². The van der Waals surface area contributed by atoms with E-state index in [1.54, 1.807) is 36.4 Å². The van der Waals surface area contributed by atoms with Gasteiger partial charge in [-0.15, -0.1) is 0 Å². The fraction of sp³-hybridized carbons (Fsp3) is 0.348. The summed E-state index contributed by atoms with van der Waals surface area (Å²) in [5, 5.41) is 2.82. The molecule has 0 spiro atoms. The van der Waals surface area contributed by atoms with E-state index in [4.69, 9.17) is 9.15 Å². The Morgan fingerprint density at radius 3 is 2.85 bits per heavy atom. The molecule has 3 aromatic rings. The number of fused-ring (bicyclic) bond motifs is 2. The van der Waals surface area contributed by atoms with Gasteiger partial charge in [-0.05, 0) is 49.6 Å². The zero-order chi connectivity index (χ0) is 24.0. The third-order valence-electron chi connectivity index (χ3n) is 6.17. The van der Waals surface area contributed by atoms with Crippen LogP contribution in [0, 0.1) is 25.6 Å². The summed E-state index contributed by atoms with van der Waals surface area (Å²) in [6, 6.07) is 4.46. The standard InChI is InChI=1S/C23H24FN5O4S/c1-12-6-15(4-5-16(12)24)26-22(30)20-21-18(9-28(20)3)34-27-17-8-29(7-14(17)10-32-21)23(31)19-13(2)33-11-25-19/h4-6,9,11,14,17,27H,7-8,10H2,1-3H3,(H,26,30)/t14-,17+/m0/s1. The van der Waals surface area contributed by atoms with Gasteiger partial charge < -0.3 is 23.9 Å². The second kappa shape index (κ2) is 8.80. The van der Waals surface area contributed by atoms with E-state index in [2.05, 4.69) is 15.0 Å². The highest BCUT2D eigenvalue weighted by atomic mass is 32.2. The number of nitrogens with one attached hydrogen (secondary N) is 2. The Kier molecular flexibility index (Phi) is 5.82. The molecule has 1 aromatic carbocycles. The maximum absolute atomic E-state index is 13.6. The first-order valence-electron chi connectivity index (χ1n) is 10.8. The van der Waals surface area contributed by atoms with Gasteiger partial charge in [0.25, 0.3) is 11.8 Å². The first kappa shape index (κ1) is 22.5. The van der Waals surface area contributed by atoms with Crippen molar-refractivity contribution in [1.29, 1.82) is 0 Å². The second-order valence-corrected chi connectivity index (χ2v) is 9.44. The minimum Gasteiger partial charge on any atom is -0.489 e. The van der Waals surface area contributed by atoms with Crippen LogP contribution in [0.3, 0.4) is 0 Å². The SMILES string of the molecule is Cc1cc(NC(=O)c2c3c(cn2C)SN[C@@H]2CN(C(=O)c4ncoc4C)C[C@H]2CO3)ccc1F. The Balaban J connectivity index is 1.32. The predicted octanol–water partition coefficient (Wildman–Crippen LogP) is 3.15. The number of ether oxygens (including phenoxy) is 1. The molecule has 9 nitrogen and oxygen atoms in total. The number of hydrogen-bond acceptors (Lipinski definition) is 7. The van der Waals surface area contributed by atoms with E-state index in [9.17, 15) is 14.0 Å². The average Bonchev–Trinajstić information content (AvgIpc) is 3.48. The number of aromatic nitrogens is 2. The zero-order valence-corrected chi connectivity index (χ0v) is 19.7. The van der Waals surface area contributed by atoms with Gasteiger partial charge in [0.1, 0.15) is 11.6 Å². The molecular weight excluding hydrogens is 461 g/mol. The number of oxazole rings is 1. The maximum atomic E-state index is 13.6. The van der Waals surface area contributed by atoms with Crippen LogP contribution in [0.25, 0.3) is 0 Å². The van der Waals surface area contributed by atoms with Crippen molar-refractivity contribution < 1.29 is 23.1 Å². The summed E-state index contributed by atoms with van der Waals surface area (Å²) in [6.45, 7) is 4.72. The summed E-state index contributed by atoms with van der Waals surface area (Å²) in [4.78, 5) is 32.5. The summed E-state index contributed by atoms with van der Waals surface area (Å²) in [5.41, 5.74) is 1.64. The molecule has 2 aliphatic heterocycles. The van der Waals surface area contributed by atoms with Crippen LogP contribution in [-0.2, 0) is 7.05 Å². The van der Waals surface area contributed by atoms with Crippen molar-refractivity contribution in [2.45, 2.75) is 24.8 Å². The molecule has 2 atom stereocenters. The Morgan fingerprint density at radius 2 is 2.12 bits per heavy atom. The van der Waals surface area contributed by atoms with E-state index in [0.717, 1.165) is 4.90 Å². The van der Waals surface area contributed by atoms with Gasteiger partial charge in [-0.2, -0.15) is 0 Å². The minimum absolute atomic E-state index is 0.0222. The van der Waals surface area contributed by atoms with Crippen LogP contribution in [0.1, 0.15) is 32.3 Å². The van der Waals surface area contributed by atoms with Gasteiger partial charge in [0.2, 0.25) is 0 Å². The predicted molar refractivity (Wildman–Crippen MR) is 123 cm³/mol. The molecule has 34 heavy (non-hydrogen) atoms. The fourth-order valence-electron chi connectivity index (χ4n) is 4.29. The van der Waals surface area contributed by atoms with Crippen molar-refractivity contribution in [3.05, 3.63) is 59.3 Å². The highest BCUT2D eigenvalue weighted by Crippen LogP contribution is 2.37. The number of halogens is 1. The monoisotopic (exact) mass is 485 g/mol. The number of hydrogen-bond donors (Lipinski definition) is 2. The third kappa shape index (κ3) is 4.05. The smallest absolute Gasteiger partial charge is 0.276 e. The first-order valence-corrected chi connectivity index (χ1v) is 11.6. The van der Waals surface area contributed by atoms with Gasteiger partial charge in [0.15, 0.2) is 23.5 Å². The highest BCUT2D eigenvalue weighted by Gasteiger charge is 2.39. The number of aryl methyl sites for hydroxylation is 3. The largest absolute Gasteiger partial charge is 0.489 e. The molecule has 1 saturated heterocycles. The van der Waals surface area contributed by atoms with Crippen molar-refractivity contribution in [3.8, 4) is 5.75 Å². The number of rotatable bonds is 3. The molecule has 4 heterocycles. The average molecular weight is 486 g/mol. The molecule has 11 heteroatoms. The number of carbonyl (C=O) groups is 2. The van der Waals surface area contributed by atoms with Crippen molar-refractivity contribution in [3.63, 3.8) is 0 Å². The molecular formula is C23H24FN5O4S. The van der Waals surface area contributed by atoms with E-state index in [1.165, 1.54) is 30.5 Å². The molecule has 0 aliphatic carbocycles. The normalized spacial score (nSPS) is 19.6. The number of likely N-dealkylation sites (tertiary alicyclic amines) is 1. The van der Waals surface area contributed by atoms with Gasteiger partial charge in [-0.1, -0.05) is 0 Å². The number of carbonyl (C=O) groups excluding carboxylic acids is 2. The Morgan fingerprint density at radius 1 is 1.29 bits per heavy atom. The Bertz CT molecular complexity index is 1270. The molecule has 0 bridgehead atoms. The highest BCUT2D eigenvalue weighted by molar-refractivity contribution is 7.97. The number of nitrogens with zero attached hydrogens (tertiary/aromatic N) is 3. The molecule has 2 amide bonds. The molecule has 178 valence electrons. The van der Waals surface area contributed by atoms with Crippen LogP contribution in [0.15, 0.2) is 40.1 Å². The van der Waals surface area contributed by atoms with E-state index < -0.39 is 0 Å². The van der Waals surface area contributed by atoms with E-state index in [0.29, 0.717) is 53.8 Å². The lowest BCUT2D eigenvalue weighted by Gasteiger charge is -2.23. The second-order valence-electron chi connectivity index (χ2n) is 8.56. The molecule has 0 unspecified atom stereocenters. The summed E-state index contributed by atoms with van der Waals surface area (Å²) < 4.78 is 30.1. The van der Waals surface area contributed by atoms with Crippen LogP contribution in [0.5, 0.6) is 5.75 Å². The topological polar surface area (TPSA) is 102 Å². The van der Waals surface area contributed by atoms with Gasteiger partial charge in [0.05, 0.1) is 11.5 Å². The molecule has 2 N–H and O–H groups in total. The van der Waals surface area contributed by atoms with Gasteiger partial charge in [-0.25, -0.2) is 9.37 Å². The molecule has 1 fully saturated rings. The molecule has 0 saturated carbocycles. The Labute approximate surface area is 199 Å². The van der Waals surface area contributed by atoms with E-state index >= 15 is 0 Å². The van der Waals surface area contributed by atoms with E-state index in [1.807, 2.05) is 6.20 Å². The summed E-state index contributed by atoms with van der Waals surface area (Å²) in [7, 11) is 1.78. The van der Waals surface area contributed by atoms with Crippen LogP contribution >= 0.6 is 11.9 Å². The number of anilines is 1. The van der Waals surface area contributed by atoms with Crippen LogP contribution < -0.4 is 14.8 Å². The molecule has 2 aliphatic rings. The molecule has 5 rings (SSSR count).